The van der Waals surface area contributed by atoms with Gasteiger partial charge in [0.25, 0.3) is 0 Å². The summed E-state index contributed by atoms with van der Waals surface area (Å²) in [7, 11) is 0. The number of benzene rings is 2. The minimum absolute atomic E-state index is 0.259. The van der Waals surface area contributed by atoms with Crippen LogP contribution in [-0.4, -0.2) is 39.6 Å². The summed E-state index contributed by atoms with van der Waals surface area (Å²) in [6, 6.07) is 11.9. The Labute approximate surface area is 193 Å². The van der Waals surface area contributed by atoms with Gasteiger partial charge in [-0.25, -0.2) is 4.79 Å². The number of carbonyl (C=O) groups excluding carboxylic acids is 2. The first-order chi connectivity index (χ1) is 14.9. The third-order valence-corrected chi connectivity index (χ3v) is 6.64. The zero-order chi connectivity index (χ0) is 22.0. The highest BCUT2D eigenvalue weighted by atomic mass is 35.5. The van der Waals surface area contributed by atoms with Crippen molar-refractivity contribution in [3.63, 3.8) is 0 Å². The summed E-state index contributed by atoms with van der Waals surface area (Å²) in [6.45, 7) is 2.47. The van der Waals surface area contributed by atoms with E-state index in [-0.39, 0.29) is 10.9 Å². The molecule has 0 spiro atoms. The predicted molar refractivity (Wildman–Crippen MR) is 124 cm³/mol. The second kappa shape index (κ2) is 9.21. The van der Waals surface area contributed by atoms with Crippen LogP contribution in [0.2, 0.25) is 10.0 Å². The zero-order valence-corrected chi connectivity index (χ0v) is 18.9. The molecule has 0 aliphatic carbocycles. The number of urea groups is 1. The average Bonchev–Trinajstić information content (AvgIpc) is 3.41. The van der Waals surface area contributed by atoms with Gasteiger partial charge >= 0.3 is 6.03 Å². The van der Waals surface area contributed by atoms with E-state index in [1.54, 1.807) is 18.2 Å². The summed E-state index contributed by atoms with van der Waals surface area (Å²) in [5.41, 5.74) is 2.46. The number of nitrogens with zero attached hydrogens (tertiary/aromatic N) is 3. The van der Waals surface area contributed by atoms with Crippen molar-refractivity contribution in [2.45, 2.75) is 25.8 Å². The maximum absolute atomic E-state index is 12.9. The fourth-order valence-corrected chi connectivity index (χ4v) is 4.52. The number of carbonyl (C=O) groups is 2. The summed E-state index contributed by atoms with van der Waals surface area (Å²) in [6.07, 6.45) is 1.28. The molecule has 1 fully saturated rings. The number of aromatic nitrogens is 2. The van der Waals surface area contributed by atoms with E-state index in [1.165, 1.54) is 16.2 Å². The predicted octanol–water partition coefficient (Wildman–Crippen LogP) is 5.46. The van der Waals surface area contributed by atoms with E-state index in [0.29, 0.717) is 28.8 Å². The molecule has 1 aliphatic heterocycles. The minimum Gasteiger partial charge on any atom is -0.312 e. The van der Waals surface area contributed by atoms with Crippen LogP contribution >= 0.6 is 34.5 Å². The first-order valence-corrected chi connectivity index (χ1v) is 11.2. The van der Waals surface area contributed by atoms with Crippen molar-refractivity contribution >= 4 is 57.3 Å². The molecule has 7 nitrogen and oxygen atoms in total. The topological polar surface area (TPSA) is 87.2 Å². The molecule has 0 radical (unpaired) electrons. The van der Waals surface area contributed by atoms with Crippen LogP contribution in [0.4, 0.5) is 15.6 Å². The maximum atomic E-state index is 12.9. The molecule has 3 aromatic rings. The molecular formula is C21H19Cl2N5O2S. The van der Waals surface area contributed by atoms with E-state index in [4.69, 9.17) is 23.2 Å². The van der Waals surface area contributed by atoms with Crippen molar-refractivity contribution in [2.24, 2.45) is 0 Å². The van der Waals surface area contributed by atoms with Crippen LogP contribution in [0.25, 0.3) is 10.6 Å². The molecule has 2 aromatic carbocycles. The average molecular weight is 476 g/mol. The molecule has 0 saturated carbocycles. The number of anilines is 2. The van der Waals surface area contributed by atoms with Gasteiger partial charge in [-0.15, -0.1) is 10.2 Å². The minimum atomic E-state index is -0.607. The third-order valence-electron chi connectivity index (χ3n) is 4.93. The van der Waals surface area contributed by atoms with Crippen molar-refractivity contribution in [1.29, 1.82) is 0 Å². The number of halogens is 2. The van der Waals surface area contributed by atoms with Gasteiger partial charge < -0.3 is 10.2 Å². The van der Waals surface area contributed by atoms with Crippen molar-refractivity contribution < 1.29 is 9.59 Å². The highest BCUT2D eigenvalue weighted by Gasteiger charge is 2.35. The van der Waals surface area contributed by atoms with Crippen LogP contribution in [-0.2, 0) is 4.79 Å². The molecule has 1 aromatic heterocycles. The summed E-state index contributed by atoms with van der Waals surface area (Å²) in [5, 5.41) is 15.5. The lowest BCUT2D eigenvalue weighted by Crippen LogP contribution is -2.45. The SMILES string of the molecule is Cc1cccc(-c2nnc(NC(=O)C3CCCN3C(=O)Nc3cccc(Cl)c3Cl)s2)c1. The van der Waals surface area contributed by atoms with E-state index >= 15 is 0 Å². The third kappa shape index (κ3) is 4.81. The van der Waals surface area contributed by atoms with Gasteiger partial charge in [0, 0.05) is 12.1 Å². The highest BCUT2D eigenvalue weighted by Crippen LogP contribution is 2.31. The van der Waals surface area contributed by atoms with Crippen LogP contribution in [0.15, 0.2) is 42.5 Å². The summed E-state index contributed by atoms with van der Waals surface area (Å²) in [5.74, 6) is -0.295. The van der Waals surface area contributed by atoms with Crippen molar-refractivity contribution in [3.05, 3.63) is 58.1 Å². The van der Waals surface area contributed by atoms with Crippen molar-refractivity contribution in [3.8, 4) is 10.6 Å². The second-order valence-electron chi connectivity index (χ2n) is 7.15. The Morgan fingerprint density at radius 2 is 1.94 bits per heavy atom. The maximum Gasteiger partial charge on any atom is 0.322 e. The van der Waals surface area contributed by atoms with E-state index in [2.05, 4.69) is 20.8 Å². The Hall–Kier alpha value is -2.68. The van der Waals surface area contributed by atoms with Gasteiger partial charge in [0.15, 0.2) is 0 Å². The molecule has 1 aliphatic rings. The Bertz CT molecular complexity index is 1140. The Kier molecular flexibility index (Phi) is 6.41. The normalized spacial score (nSPS) is 15.7. The molecule has 0 bridgehead atoms. The first-order valence-electron chi connectivity index (χ1n) is 9.65. The van der Waals surface area contributed by atoms with E-state index < -0.39 is 12.1 Å². The molecule has 2 N–H and O–H groups in total. The van der Waals surface area contributed by atoms with Gasteiger partial charge in [0.2, 0.25) is 11.0 Å². The van der Waals surface area contributed by atoms with E-state index in [1.807, 2.05) is 31.2 Å². The van der Waals surface area contributed by atoms with Crippen molar-refractivity contribution in [1.82, 2.24) is 15.1 Å². The highest BCUT2D eigenvalue weighted by molar-refractivity contribution is 7.18. The van der Waals surface area contributed by atoms with E-state index in [9.17, 15) is 9.59 Å². The summed E-state index contributed by atoms with van der Waals surface area (Å²) < 4.78 is 0. The Morgan fingerprint density at radius 3 is 2.74 bits per heavy atom. The fraction of sp³-hybridized carbons (Fsp3) is 0.238. The van der Waals surface area contributed by atoms with Gasteiger partial charge in [0.1, 0.15) is 11.0 Å². The molecule has 4 rings (SSSR count). The zero-order valence-electron chi connectivity index (χ0n) is 16.6. The molecule has 10 heteroatoms. The number of rotatable bonds is 4. The quantitative estimate of drug-likeness (QED) is 0.524. The molecule has 31 heavy (non-hydrogen) atoms. The van der Waals surface area contributed by atoms with Gasteiger partial charge in [-0.1, -0.05) is 64.4 Å². The smallest absolute Gasteiger partial charge is 0.312 e. The molecular weight excluding hydrogens is 457 g/mol. The summed E-state index contributed by atoms with van der Waals surface area (Å²) >= 11 is 13.5. The van der Waals surface area contributed by atoms with Gasteiger partial charge in [-0.2, -0.15) is 0 Å². The largest absolute Gasteiger partial charge is 0.322 e. The molecule has 1 unspecified atom stereocenters. The molecule has 2 heterocycles. The second-order valence-corrected chi connectivity index (χ2v) is 8.92. The number of nitrogens with one attached hydrogen (secondary N) is 2. The molecule has 160 valence electrons. The summed E-state index contributed by atoms with van der Waals surface area (Å²) in [4.78, 5) is 27.1. The number of likely N-dealkylation sites (tertiary alicyclic amines) is 1. The van der Waals surface area contributed by atoms with E-state index in [0.717, 1.165) is 22.6 Å². The number of hydrogen-bond donors (Lipinski definition) is 2. The Balaban J connectivity index is 1.43. The Morgan fingerprint density at radius 1 is 1.13 bits per heavy atom. The molecule has 3 amide bonds. The van der Waals surface area contributed by atoms with Crippen LogP contribution in [0, 0.1) is 6.92 Å². The number of hydrogen-bond acceptors (Lipinski definition) is 5. The monoisotopic (exact) mass is 475 g/mol. The van der Waals surface area contributed by atoms with Crippen LogP contribution in [0.1, 0.15) is 18.4 Å². The van der Waals surface area contributed by atoms with Crippen LogP contribution < -0.4 is 10.6 Å². The molecule has 1 atom stereocenters. The number of amides is 3. The lowest BCUT2D eigenvalue weighted by Gasteiger charge is -2.24. The lowest BCUT2D eigenvalue weighted by molar-refractivity contribution is -0.119. The van der Waals surface area contributed by atoms with Gasteiger partial charge in [-0.05, 0) is 38.0 Å². The van der Waals surface area contributed by atoms with Crippen LogP contribution in [0.3, 0.4) is 0 Å². The molecule has 1 saturated heterocycles. The first kappa shape index (κ1) is 21.5. The van der Waals surface area contributed by atoms with Crippen LogP contribution in [0.5, 0.6) is 0 Å². The van der Waals surface area contributed by atoms with Gasteiger partial charge in [-0.3, -0.25) is 10.1 Å². The standard InChI is InChI=1S/C21H19Cl2N5O2S/c1-12-5-2-6-13(11-12)19-26-27-20(31-19)25-18(29)16-9-4-10-28(16)21(30)24-15-8-3-7-14(22)17(15)23/h2-3,5-8,11,16H,4,9-10H2,1H3,(H,24,30)(H,25,27,29). The van der Waals surface area contributed by atoms with Crippen molar-refractivity contribution in [2.75, 3.05) is 17.2 Å². The van der Waals surface area contributed by atoms with Gasteiger partial charge in [0.05, 0.1) is 15.7 Å². The lowest BCUT2D eigenvalue weighted by atomic mass is 10.1. The number of aryl methyl sites for hydroxylation is 1. The fourth-order valence-electron chi connectivity index (χ4n) is 3.43.